The molecule has 3 rings (SSSR count). The summed E-state index contributed by atoms with van der Waals surface area (Å²) in [6, 6.07) is 0. The molecule has 0 bridgehead atoms. The monoisotopic (exact) mass is 248 g/mol. The Morgan fingerprint density at radius 3 is 2.33 bits per heavy atom. The number of hydrogen-bond donors (Lipinski definition) is 1. The first kappa shape index (κ1) is 12.5. The van der Waals surface area contributed by atoms with Crippen molar-refractivity contribution >= 4 is 0 Å². The first-order valence-electron chi connectivity index (χ1n) is 8.08. The van der Waals surface area contributed by atoms with Gasteiger partial charge in [-0.05, 0) is 76.3 Å². The van der Waals surface area contributed by atoms with Crippen molar-refractivity contribution in [1.82, 2.24) is 10.2 Å². The van der Waals surface area contributed by atoms with Gasteiger partial charge < -0.3 is 10.2 Å². The Morgan fingerprint density at radius 2 is 1.67 bits per heavy atom. The van der Waals surface area contributed by atoms with Crippen molar-refractivity contribution in [3.05, 3.63) is 11.8 Å². The van der Waals surface area contributed by atoms with E-state index in [4.69, 9.17) is 0 Å². The van der Waals surface area contributed by atoms with Crippen molar-refractivity contribution in [2.75, 3.05) is 26.2 Å². The number of rotatable bonds is 2. The van der Waals surface area contributed by atoms with E-state index in [2.05, 4.69) is 16.3 Å². The first-order chi connectivity index (χ1) is 8.93. The van der Waals surface area contributed by atoms with Crippen LogP contribution < -0.4 is 5.32 Å². The summed E-state index contributed by atoms with van der Waals surface area (Å²) in [6.07, 6.45) is 13.7. The zero-order valence-electron chi connectivity index (χ0n) is 11.7. The molecule has 0 aromatic carbocycles. The smallest absolute Gasteiger partial charge is 0.0177 e. The quantitative estimate of drug-likeness (QED) is 0.807. The second kappa shape index (κ2) is 6.10. The van der Waals surface area contributed by atoms with E-state index in [1.165, 1.54) is 77.5 Å². The topological polar surface area (TPSA) is 15.3 Å². The molecule has 0 atom stereocenters. The van der Waals surface area contributed by atoms with Gasteiger partial charge in [0, 0.05) is 18.8 Å². The summed E-state index contributed by atoms with van der Waals surface area (Å²) in [4.78, 5) is 2.69. The predicted octanol–water partition coefficient (Wildman–Crippen LogP) is 3.16. The average Bonchev–Trinajstić information content (AvgIpc) is 2.49. The summed E-state index contributed by atoms with van der Waals surface area (Å²) in [6.45, 7) is 5.19. The van der Waals surface area contributed by atoms with E-state index < -0.39 is 0 Å². The van der Waals surface area contributed by atoms with Crippen molar-refractivity contribution in [3.63, 3.8) is 0 Å². The molecule has 102 valence electrons. The lowest BCUT2D eigenvalue weighted by Gasteiger charge is -2.40. The number of nitrogens with zero attached hydrogens (tertiary/aromatic N) is 1. The number of piperidine rings is 2. The largest absolute Gasteiger partial charge is 0.375 e. The fourth-order valence-corrected chi connectivity index (χ4v) is 4.08. The van der Waals surface area contributed by atoms with Crippen LogP contribution in [0.1, 0.15) is 51.4 Å². The molecule has 2 heteroatoms. The van der Waals surface area contributed by atoms with Crippen LogP contribution in [0.3, 0.4) is 0 Å². The third kappa shape index (κ3) is 2.90. The highest BCUT2D eigenvalue weighted by molar-refractivity contribution is 5.05. The van der Waals surface area contributed by atoms with Crippen LogP contribution in [0.25, 0.3) is 0 Å². The highest BCUT2D eigenvalue weighted by Crippen LogP contribution is 2.33. The van der Waals surface area contributed by atoms with E-state index in [1.54, 1.807) is 5.70 Å². The fraction of sp³-hybridized carbons (Fsp3) is 0.875. The molecule has 0 aromatic rings. The van der Waals surface area contributed by atoms with Crippen LogP contribution >= 0.6 is 0 Å². The molecule has 1 aliphatic carbocycles. The normalized spacial score (nSPS) is 28.2. The van der Waals surface area contributed by atoms with Crippen LogP contribution in [0, 0.1) is 11.8 Å². The van der Waals surface area contributed by atoms with Crippen LogP contribution in [-0.4, -0.2) is 31.1 Å². The van der Waals surface area contributed by atoms with Gasteiger partial charge in [0.1, 0.15) is 0 Å². The highest BCUT2D eigenvalue weighted by Gasteiger charge is 2.28. The Morgan fingerprint density at radius 1 is 0.944 bits per heavy atom. The molecular weight excluding hydrogens is 220 g/mol. The Labute approximate surface area is 112 Å². The molecule has 0 aromatic heterocycles. The molecule has 2 nitrogen and oxygen atoms in total. The van der Waals surface area contributed by atoms with E-state index in [1.807, 2.05) is 0 Å². The molecule has 0 radical (unpaired) electrons. The van der Waals surface area contributed by atoms with Crippen LogP contribution in [0.15, 0.2) is 11.8 Å². The van der Waals surface area contributed by atoms with Crippen LogP contribution in [0.4, 0.5) is 0 Å². The van der Waals surface area contributed by atoms with Crippen molar-refractivity contribution < 1.29 is 0 Å². The maximum Gasteiger partial charge on any atom is 0.0177 e. The van der Waals surface area contributed by atoms with Crippen molar-refractivity contribution in [2.24, 2.45) is 11.8 Å². The van der Waals surface area contributed by atoms with Crippen LogP contribution in [-0.2, 0) is 0 Å². The minimum Gasteiger partial charge on any atom is -0.375 e. The molecule has 0 amide bonds. The number of allylic oxidation sites excluding steroid dienone is 2. The van der Waals surface area contributed by atoms with Gasteiger partial charge in [-0.25, -0.2) is 0 Å². The molecule has 2 saturated heterocycles. The fourth-order valence-electron chi connectivity index (χ4n) is 4.08. The lowest BCUT2D eigenvalue weighted by Crippen LogP contribution is -2.39. The predicted molar refractivity (Wildman–Crippen MR) is 76.4 cm³/mol. The van der Waals surface area contributed by atoms with Gasteiger partial charge in [-0.3, -0.25) is 0 Å². The average molecular weight is 248 g/mol. The van der Waals surface area contributed by atoms with Gasteiger partial charge in [-0.15, -0.1) is 0 Å². The lowest BCUT2D eigenvalue weighted by molar-refractivity contribution is 0.149. The van der Waals surface area contributed by atoms with Gasteiger partial charge in [-0.1, -0.05) is 6.08 Å². The van der Waals surface area contributed by atoms with Gasteiger partial charge >= 0.3 is 0 Å². The molecule has 0 unspecified atom stereocenters. The molecule has 0 saturated carbocycles. The van der Waals surface area contributed by atoms with E-state index in [9.17, 15) is 0 Å². The Balaban J connectivity index is 1.49. The molecular formula is C16H28N2. The molecule has 18 heavy (non-hydrogen) atoms. The molecule has 1 N–H and O–H groups in total. The van der Waals surface area contributed by atoms with Crippen molar-refractivity contribution in [3.8, 4) is 0 Å². The molecule has 2 aliphatic heterocycles. The number of hydrogen-bond acceptors (Lipinski definition) is 2. The summed E-state index contributed by atoms with van der Waals surface area (Å²) < 4.78 is 0. The summed E-state index contributed by atoms with van der Waals surface area (Å²) >= 11 is 0. The number of nitrogens with one attached hydrogen (secondary N) is 1. The van der Waals surface area contributed by atoms with Gasteiger partial charge in [0.25, 0.3) is 0 Å². The summed E-state index contributed by atoms with van der Waals surface area (Å²) in [5.41, 5.74) is 1.67. The molecule has 3 aliphatic rings. The van der Waals surface area contributed by atoms with Crippen LogP contribution in [0.2, 0.25) is 0 Å². The Hall–Kier alpha value is -0.500. The minimum atomic E-state index is 1.02. The maximum atomic E-state index is 3.49. The first-order valence-corrected chi connectivity index (χ1v) is 8.08. The maximum absolute atomic E-state index is 3.49. The molecule has 0 spiro atoms. The second-order valence-corrected chi connectivity index (χ2v) is 6.35. The van der Waals surface area contributed by atoms with Gasteiger partial charge in [-0.2, -0.15) is 0 Å². The zero-order chi connectivity index (χ0) is 12.2. The lowest BCUT2D eigenvalue weighted by atomic mass is 9.79. The summed E-state index contributed by atoms with van der Waals surface area (Å²) in [5.74, 6) is 2.04. The van der Waals surface area contributed by atoms with Crippen LogP contribution in [0.5, 0.6) is 0 Å². The van der Waals surface area contributed by atoms with Gasteiger partial charge in [0.15, 0.2) is 0 Å². The summed E-state index contributed by atoms with van der Waals surface area (Å²) in [7, 11) is 0. The molecule has 2 heterocycles. The van der Waals surface area contributed by atoms with E-state index >= 15 is 0 Å². The Bertz CT molecular complexity index is 283. The molecule has 2 fully saturated rings. The van der Waals surface area contributed by atoms with E-state index in [0.29, 0.717) is 0 Å². The Kier molecular flexibility index (Phi) is 4.24. The third-order valence-electron chi connectivity index (χ3n) is 5.26. The van der Waals surface area contributed by atoms with Crippen molar-refractivity contribution in [1.29, 1.82) is 0 Å². The zero-order valence-corrected chi connectivity index (χ0v) is 11.7. The van der Waals surface area contributed by atoms with Gasteiger partial charge in [0.05, 0.1) is 0 Å². The van der Waals surface area contributed by atoms with Crippen molar-refractivity contribution in [2.45, 2.75) is 51.4 Å². The van der Waals surface area contributed by atoms with E-state index in [0.717, 1.165) is 11.8 Å². The van der Waals surface area contributed by atoms with E-state index in [-0.39, 0.29) is 0 Å². The third-order valence-corrected chi connectivity index (χ3v) is 5.26. The number of likely N-dealkylation sites (tertiary alicyclic amines) is 1. The second-order valence-electron chi connectivity index (χ2n) is 6.35. The SMILES string of the molecule is C1=C(N2CCC(C3CCNCC3)CC2)CCCC1. The minimum absolute atomic E-state index is 1.02. The summed E-state index contributed by atoms with van der Waals surface area (Å²) in [5, 5.41) is 3.49. The van der Waals surface area contributed by atoms with Gasteiger partial charge in [0.2, 0.25) is 0 Å². The highest BCUT2D eigenvalue weighted by atomic mass is 15.1. The standard InChI is InChI=1S/C16H28N2/c1-2-4-16(5-3-1)18-12-8-15(9-13-18)14-6-10-17-11-7-14/h4,14-15,17H,1-3,5-13H2.